The molecule has 0 radical (unpaired) electrons. The second-order valence-corrected chi connectivity index (χ2v) is 9.27. The normalized spacial score (nSPS) is 16.4. The number of amides is 1. The van der Waals surface area contributed by atoms with Crippen molar-refractivity contribution in [1.29, 1.82) is 0 Å². The third-order valence-electron chi connectivity index (χ3n) is 5.21. The first-order valence-electron chi connectivity index (χ1n) is 10.1. The van der Waals surface area contributed by atoms with Crippen molar-refractivity contribution >= 4 is 46.0 Å². The Hall–Kier alpha value is -3.56. The van der Waals surface area contributed by atoms with Gasteiger partial charge in [0.2, 0.25) is 11.7 Å². The van der Waals surface area contributed by atoms with E-state index < -0.39 is 22.6 Å². The van der Waals surface area contributed by atoms with Gasteiger partial charge in [0.15, 0.2) is 11.0 Å². The van der Waals surface area contributed by atoms with Crippen LogP contribution in [0.4, 0.5) is 10.1 Å². The Bertz CT molecular complexity index is 1360. The van der Waals surface area contributed by atoms with Gasteiger partial charge in [0.1, 0.15) is 10.7 Å². The van der Waals surface area contributed by atoms with Gasteiger partial charge in [-0.25, -0.2) is 13.6 Å². The van der Waals surface area contributed by atoms with Gasteiger partial charge >= 0.3 is 0 Å². The highest BCUT2D eigenvalue weighted by Crippen LogP contribution is 2.33. The van der Waals surface area contributed by atoms with E-state index in [9.17, 15) is 18.2 Å². The molecule has 2 heterocycles. The van der Waals surface area contributed by atoms with E-state index in [1.807, 2.05) is 0 Å². The lowest BCUT2D eigenvalue weighted by atomic mass is 10.0. The molecular weight excluding hydrogens is 481 g/mol. The fourth-order valence-corrected chi connectivity index (χ4v) is 4.74. The van der Waals surface area contributed by atoms with Crippen LogP contribution in [0.1, 0.15) is 31.8 Å². The van der Waals surface area contributed by atoms with E-state index in [1.165, 1.54) is 41.8 Å². The third kappa shape index (κ3) is 4.71. The Kier molecular flexibility index (Phi) is 6.76. The molecular formula is C24H19ClFN3O4S. The zero-order valence-electron chi connectivity index (χ0n) is 18.2. The predicted octanol–water partition coefficient (Wildman–Crippen LogP) is 4.15. The van der Waals surface area contributed by atoms with Crippen LogP contribution in [-0.4, -0.2) is 35.0 Å². The molecule has 1 atom stereocenters. The van der Waals surface area contributed by atoms with Gasteiger partial charge in [-0.3, -0.25) is 13.9 Å². The first-order valence-corrected chi connectivity index (χ1v) is 11.5. The molecule has 174 valence electrons. The molecule has 0 saturated heterocycles. The fourth-order valence-electron chi connectivity index (χ4n) is 3.41. The molecule has 0 fully saturated rings. The number of benzene rings is 2. The maximum atomic E-state index is 13.5. The summed E-state index contributed by atoms with van der Waals surface area (Å²) in [6, 6.07) is 12.0. The second-order valence-electron chi connectivity index (χ2n) is 7.38. The zero-order chi connectivity index (χ0) is 24.4. The number of ketones is 1. The summed E-state index contributed by atoms with van der Waals surface area (Å²) in [7, 11) is 1.31. The molecule has 0 saturated carbocycles. The standard InChI is InChI=1S/C24H19ClFN3O4S/c1-29-20-6-4-16(24(31)28-13-15-7-8-27-22(11-15)33-2)12-17(20)23(30)21(34(29)32)10-14-3-5-19(26)18(25)9-14/h3-12H,13H2,1-2H3,(H,28,31)/b21-10-. The van der Waals surface area contributed by atoms with Crippen molar-refractivity contribution in [2.24, 2.45) is 0 Å². The Balaban J connectivity index is 1.61. The van der Waals surface area contributed by atoms with E-state index in [1.54, 1.807) is 37.5 Å². The Morgan fingerprint density at radius 3 is 2.76 bits per heavy atom. The molecule has 0 aliphatic carbocycles. The van der Waals surface area contributed by atoms with E-state index in [-0.39, 0.29) is 33.5 Å². The van der Waals surface area contributed by atoms with Crippen molar-refractivity contribution in [3.05, 3.63) is 92.7 Å². The van der Waals surface area contributed by atoms with Crippen LogP contribution in [0.2, 0.25) is 5.02 Å². The molecule has 1 unspecified atom stereocenters. The van der Waals surface area contributed by atoms with Crippen LogP contribution in [-0.2, 0) is 17.5 Å². The van der Waals surface area contributed by atoms with Gasteiger partial charge in [0, 0.05) is 37.0 Å². The van der Waals surface area contributed by atoms with Gasteiger partial charge in [-0.05, 0) is 53.6 Å². The highest BCUT2D eigenvalue weighted by Gasteiger charge is 2.32. The van der Waals surface area contributed by atoms with Gasteiger partial charge in [-0.15, -0.1) is 0 Å². The number of halogens is 2. The van der Waals surface area contributed by atoms with Crippen molar-refractivity contribution in [2.75, 3.05) is 18.5 Å². The van der Waals surface area contributed by atoms with Gasteiger partial charge in [-0.1, -0.05) is 17.7 Å². The van der Waals surface area contributed by atoms with Crippen LogP contribution in [0.5, 0.6) is 5.88 Å². The number of fused-ring (bicyclic) bond motifs is 1. The predicted molar refractivity (Wildman–Crippen MR) is 129 cm³/mol. The minimum absolute atomic E-state index is 0.000821. The molecule has 2 aromatic carbocycles. The summed E-state index contributed by atoms with van der Waals surface area (Å²) in [4.78, 5) is 30.0. The summed E-state index contributed by atoms with van der Waals surface area (Å²) in [5.74, 6) is -1.02. The van der Waals surface area contributed by atoms with Crippen LogP contribution >= 0.6 is 11.6 Å². The summed E-state index contributed by atoms with van der Waals surface area (Å²) in [5, 5.41) is 2.69. The molecule has 0 spiro atoms. The van der Waals surface area contributed by atoms with Crippen molar-refractivity contribution in [2.45, 2.75) is 6.54 Å². The van der Waals surface area contributed by atoms with Gasteiger partial charge < -0.3 is 10.1 Å². The first kappa shape index (κ1) is 23.6. The van der Waals surface area contributed by atoms with Crippen LogP contribution in [0.3, 0.4) is 0 Å². The second kappa shape index (κ2) is 9.74. The summed E-state index contributed by atoms with van der Waals surface area (Å²) < 4.78 is 32.9. The quantitative estimate of drug-likeness (QED) is 0.533. The number of ether oxygens (including phenoxy) is 1. The van der Waals surface area contributed by atoms with E-state index >= 15 is 0 Å². The maximum absolute atomic E-state index is 13.5. The minimum atomic E-state index is -1.79. The molecule has 1 N–H and O–H groups in total. The molecule has 4 rings (SSSR count). The number of anilines is 1. The summed E-state index contributed by atoms with van der Waals surface area (Å²) in [5.41, 5.74) is 2.18. The van der Waals surface area contributed by atoms with Crippen LogP contribution in [0.25, 0.3) is 6.08 Å². The van der Waals surface area contributed by atoms with Crippen LogP contribution in [0, 0.1) is 5.82 Å². The van der Waals surface area contributed by atoms with Crippen molar-refractivity contribution < 1.29 is 22.9 Å². The Morgan fingerprint density at radius 2 is 2.03 bits per heavy atom. The number of allylic oxidation sites excluding steroid dienone is 1. The number of methoxy groups -OCH3 is 1. The molecule has 3 aromatic rings. The summed E-state index contributed by atoms with van der Waals surface area (Å²) >= 11 is 5.83. The minimum Gasteiger partial charge on any atom is -0.481 e. The average molecular weight is 500 g/mol. The van der Waals surface area contributed by atoms with Gasteiger partial charge in [-0.2, -0.15) is 0 Å². The number of aromatic nitrogens is 1. The van der Waals surface area contributed by atoms with Gasteiger partial charge in [0.05, 0.1) is 17.8 Å². The molecule has 0 bridgehead atoms. The summed E-state index contributed by atoms with van der Waals surface area (Å²) in [6.07, 6.45) is 2.99. The smallest absolute Gasteiger partial charge is 0.251 e. The first-order chi connectivity index (χ1) is 16.3. The highest BCUT2D eigenvalue weighted by atomic mass is 35.5. The highest BCUT2D eigenvalue weighted by molar-refractivity contribution is 7.91. The Morgan fingerprint density at radius 1 is 1.24 bits per heavy atom. The molecule has 34 heavy (non-hydrogen) atoms. The summed E-state index contributed by atoms with van der Waals surface area (Å²) in [6.45, 7) is 0.239. The number of rotatable bonds is 5. The topological polar surface area (TPSA) is 88.6 Å². The number of carbonyl (C=O) groups is 2. The lowest BCUT2D eigenvalue weighted by molar-refractivity contribution is 0.0951. The lowest BCUT2D eigenvalue weighted by Gasteiger charge is -2.27. The van der Waals surface area contributed by atoms with E-state index in [0.717, 1.165) is 5.56 Å². The number of hydrogen-bond donors (Lipinski definition) is 1. The van der Waals surface area contributed by atoms with Crippen LogP contribution in [0.15, 0.2) is 59.6 Å². The monoisotopic (exact) mass is 499 g/mol. The molecule has 1 aliphatic rings. The van der Waals surface area contributed by atoms with Crippen molar-refractivity contribution in [3.8, 4) is 5.88 Å². The third-order valence-corrected chi connectivity index (χ3v) is 6.87. The fraction of sp³-hybridized carbons (Fsp3) is 0.125. The van der Waals surface area contributed by atoms with E-state index in [4.69, 9.17) is 16.3 Å². The SMILES string of the molecule is COc1cc(CNC(=O)c2ccc3c(c2)C(=O)/C(=C/c2ccc(F)c(Cl)c2)S(=O)N3C)ccn1. The number of Topliss-reactive ketones (excluding diaryl/α,β-unsaturated/α-hetero) is 1. The number of pyridine rings is 1. The van der Waals surface area contributed by atoms with Crippen molar-refractivity contribution in [1.82, 2.24) is 10.3 Å². The number of nitrogens with one attached hydrogen (secondary N) is 1. The number of carbonyl (C=O) groups excluding carboxylic acids is 2. The van der Waals surface area contributed by atoms with E-state index in [2.05, 4.69) is 10.3 Å². The zero-order valence-corrected chi connectivity index (χ0v) is 19.7. The number of nitrogens with zero attached hydrogens (tertiary/aromatic N) is 2. The lowest BCUT2D eigenvalue weighted by Crippen LogP contribution is -2.32. The Labute approximate surface area is 202 Å². The molecule has 10 heteroatoms. The van der Waals surface area contributed by atoms with E-state index in [0.29, 0.717) is 17.1 Å². The molecule has 7 nitrogen and oxygen atoms in total. The molecule has 1 aromatic heterocycles. The van der Waals surface area contributed by atoms with Gasteiger partial charge in [0.25, 0.3) is 5.91 Å². The average Bonchev–Trinajstić information content (AvgIpc) is 2.85. The number of hydrogen-bond acceptors (Lipinski definition) is 5. The molecule has 1 aliphatic heterocycles. The molecule has 1 amide bonds. The van der Waals surface area contributed by atoms with Crippen molar-refractivity contribution in [3.63, 3.8) is 0 Å². The van der Waals surface area contributed by atoms with Crippen LogP contribution < -0.4 is 14.4 Å². The maximum Gasteiger partial charge on any atom is 0.251 e. The largest absolute Gasteiger partial charge is 0.481 e.